The first-order valence-electron chi connectivity index (χ1n) is 4.87. The van der Waals surface area contributed by atoms with Gasteiger partial charge in [0.05, 0.1) is 0 Å². The van der Waals surface area contributed by atoms with Gasteiger partial charge >= 0.3 is 7.12 Å². The van der Waals surface area contributed by atoms with Crippen molar-refractivity contribution in [1.29, 1.82) is 0 Å². The Morgan fingerprint density at radius 1 is 1.40 bits per heavy atom. The van der Waals surface area contributed by atoms with Crippen LogP contribution in [0.3, 0.4) is 0 Å². The van der Waals surface area contributed by atoms with Gasteiger partial charge in [0.25, 0.3) is 0 Å². The quantitative estimate of drug-likeness (QED) is 0.586. The first-order chi connectivity index (χ1) is 7.15. The largest absolute Gasteiger partial charge is 0.491 e. The zero-order valence-electron chi connectivity index (χ0n) is 8.61. The normalized spacial score (nSPS) is 10.4. The number of benzene rings is 1. The molecule has 5 heteroatoms. The monoisotopic (exact) mass is 228 g/mol. The molecule has 0 saturated heterocycles. The van der Waals surface area contributed by atoms with Crippen molar-refractivity contribution in [2.24, 2.45) is 0 Å². The molecule has 82 valence electrons. The molecule has 0 fully saturated rings. The molecule has 0 saturated carbocycles. The van der Waals surface area contributed by atoms with Crippen molar-refractivity contribution in [2.45, 2.75) is 19.1 Å². The molecule has 1 rings (SSSR count). The molecule has 0 amide bonds. The van der Waals surface area contributed by atoms with E-state index in [0.29, 0.717) is 0 Å². The van der Waals surface area contributed by atoms with Crippen molar-refractivity contribution in [2.75, 3.05) is 5.75 Å². The van der Waals surface area contributed by atoms with Crippen LogP contribution < -0.4 is 5.46 Å². The molecule has 0 radical (unpaired) electrons. The summed E-state index contributed by atoms with van der Waals surface area (Å²) in [4.78, 5) is 0. The maximum Gasteiger partial charge on any atom is 0.491 e. The average Bonchev–Trinajstić information content (AvgIpc) is 2.20. The molecule has 0 aliphatic rings. The van der Waals surface area contributed by atoms with Gasteiger partial charge in [-0.1, -0.05) is 19.1 Å². The number of halogens is 1. The van der Waals surface area contributed by atoms with Gasteiger partial charge in [-0.05, 0) is 23.8 Å². The second-order valence-corrected chi connectivity index (χ2v) is 4.39. The molecule has 0 heterocycles. The molecular formula is C10H14BFO2S. The van der Waals surface area contributed by atoms with E-state index in [4.69, 9.17) is 10.0 Å². The van der Waals surface area contributed by atoms with Gasteiger partial charge in [-0.25, -0.2) is 4.39 Å². The fourth-order valence-corrected chi connectivity index (χ4v) is 2.06. The molecule has 15 heavy (non-hydrogen) atoms. The number of hydrogen-bond acceptors (Lipinski definition) is 3. The van der Waals surface area contributed by atoms with Gasteiger partial charge < -0.3 is 10.0 Å². The van der Waals surface area contributed by atoms with E-state index in [1.165, 1.54) is 12.1 Å². The van der Waals surface area contributed by atoms with E-state index in [1.807, 2.05) is 0 Å². The lowest BCUT2D eigenvalue weighted by atomic mass is 9.79. The lowest BCUT2D eigenvalue weighted by Crippen LogP contribution is -2.33. The van der Waals surface area contributed by atoms with Crippen molar-refractivity contribution in [3.8, 4) is 0 Å². The topological polar surface area (TPSA) is 40.5 Å². The van der Waals surface area contributed by atoms with E-state index in [-0.39, 0.29) is 5.46 Å². The molecule has 0 aliphatic heterocycles. The summed E-state index contributed by atoms with van der Waals surface area (Å²) in [6.07, 6.45) is 1.10. The van der Waals surface area contributed by atoms with E-state index in [0.717, 1.165) is 23.5 Å². The van der Waals surface area contributed by atoms with Crippen LogP contribution in [0.15, 0.2) is 18.2 Å². The van der Waals surface area contributed by atoms with E-state index in [1.54, 1.807) is 17.8 Å². The molecular weight excluding hydrogens is 214 g/mol. The molecule has 0 unspecified atom stereocenters. The zero-order chi connectivity index (χ0) is 11.3. The molecule has 1 aromatic rings. The predicted molar refractivity (Wildman–Crippen MR) is 62.7 cm³/mol. The van der Waals surface area contributed by atoms with Crippen molar-refractivity contribution in [1.82, 2.24) is 0 Å². The molecule has 0 aliphatic carbocycles. The van der Waals surface area contributed by atoms with Crippen LogP contribution in [0, 0.1) is 5.82 Å². The van der Waals surface area contributed by atoms with Gasteiger partial charge in [0, 0.05) is 11.2 Å². The number of thioether (sulfide) groups is 1. The minimum absolute atomic E-state index is 0.0513. The molecule has 2 nitrogen and oxygen atoms in total. The first-order valence-corrected chi connectivity index (χ1v) is 6.02. The second-order valence-electron chi connectivity index (χ2n) is 3.28. The lowest BCUT2D eigenvalue weighted by molar-refractivity contribution is 0.423. The van der Waals surface area contributed by atoms with E-state index in [9.17, 15) is 4.39 Å². The van der Waals surface area contributed by atoms with Crippen LogP contribution in [0.4, 0.5) is 4.39 Å². The smallest absolute Gasteiger partial charge is 0.423 e. The lowest BCUT2D eigenvalue weighted by Gasteiger charge is -2.05. The van der Waals surface area contributed by atoms with Crippen molar-refractivity contribution >= 4 is 24.3 Å². The van der Waals surface area contributed by atoms with Crippen LogP contribution in [0.25, 0.3) is 0 Å². The second kappa shape index (κ2) is 6.15. The van der Waals surface area contributed by atoms with Gasteiger partial charge in [0.2, 0.25) is 0 Å². The highest BCUT2D eigenvalue weighted by atomic mass is 32.2. The third-order valence-electron chi connectivity index (χ3n) is 1.96. The summed E-state index contributed by atoms with van der Waals surface area (Å²) in [6.45, 7) is 2.10. The highest BCUT2D eigenvalue weighted by Crippen LogP contribution is 2.12. The standard InChI is InChI=1S/C10H14BFO2S/c1-2-5-15-7-8-3-4-10(12)9(6-8)11(13)14/h3-4,6,13-14H,2,5,7H2,1H3. The molecule has 0 atom stereocenters. The summed E-state index contributed by atoms with van der Waals surface area (Å²) < 4.78 is 13.1. The highest BCUT2D eigenvalue weighted by molar-refractivity contribution is 7.98. The van der Waals surface area contributed by atoms with E-state index >= 15 is 0 Å². The van der Waals surface area contributed by atoms with Crippen LogP contribution in [0.5, 0.6) is 0 Å². The SMILES string of the molecule is CCCSCc1ccc(F)c(B(O)O)c1. The maximum atomic E-state index is 13.1. The third-order valence-corrected chi connectivity index (χ3v) is 3.19. The predicted octanol–water partition coefficient (Wildman–Crippen LogP) is 1.15. The molecule has 2 N–H and O–H groups in total. The fraction of sp³-hybridized carbons (Fsp3) is 0.400. The minimum Gasteiger partial charge on any atom is -0.423 e. The zero-order valence-corrected chi connectivity index (χ0v) is 9.43. The Hall–Kier alpha value is -0.515. The third kappa shape index (κ3) is 3.85. The van der Waals surface area contributed by atoms with Crippen LogP contribution in [0.2, 0.25) is 0 Å². The average molecular weight is 228 g/mol. The highest BCUT2D eigenvalue weighted by Gasteiger charge is 2.16. The summed E-state index contributed by atoms with van der Waals surface area (Å²) >= 11 is 1.75. The van der Waals surface area contributed by atoms with Crippen LogP contribution >= 0.6 is 11.8 Å². The molecule has 0 bridgehead atoms. The summed E-state index contributed by atoms with van der Waals surface area (Å²) in [5.41, 5.74) is 0.863. The summed E-state index contributed by atoms with van der Waals surface area (Å²) in [6, 6.07) is 4.45. The molecule has 1 aromatic carbocycles. The van der Waals surface area contributed by atoms with Gasteiger partial charge in [-0.15, -0.1) is 0 Å². The Bertz CT molecular complexity index is 320. The van der Waals surface area contributed by atoms with Gasteiger partial charge in [0.15, 0.2) is 0 Å². The van der Waals surface area contributed by atoms with Crippen LogP contribution in [0.1, 0.15) is 18.9 Å². The van der Waals surface area contributed by atoms with Crippen molar-refractivity contribution in [3.05, 3.63) is 29.6 Å². The Balaban J connectivity index is 2.70. The number of hydrogen-bond donors (Lipinski definition) is 2. The first kappa shape index (κ1) is 12.6. The Labute approximate surface area is 93.7 Å². The van der Waals surface area contributed by atoms with Crippen LogP contribution in [-0.4, -0.2) is 22.9 Å². The van der Waals surface area contributed by atoms with E-state index in [2.05, 4.69) is 6.92 Å². The van der Waals surface area contributed by atoms with Crippen molar-refractivity contribution in [3.63, 3.8) is 0 Å². The molecule has 0 aromatic heterocycles. The number of rotatable bonds is 5. The summed E-state index contributed by atoms with van der Waals surface area (Å²) in [5, 5.41) is 17.8. The van der Waals surface area contributed by atoms with Gasteiger partial charge in [0.1, 0.15) is 5.82 Å². The summed E-state index contributed by atoms with van der Waals surface area (Å²) in [7, 11) is -1.74. The Kier molecular flexibility index (Phi) is 5.15. The minimum atomic E-state index is -1.74. The van der Waals surface area contributed by atoms with Gasteiger partial charge in [-0.3, -0.25) is 0 Å². The van der Waals surface area contributed by atoms with Gasteiger partial charge in [-0.2, -0.15) is 11.8 Å². The van der Waals surface area contributed by atoms with E-state index < -0.39 is 12.9 Å². The summed E-state index contributed by atoms with van der Waals surface area (Å²) in [5.74, 6) is 1.25. The van der Waals surface area contributed by atoms with Crippen LogP contribution in [-0.2, 0) is 5.75 Å². The maximum absolute atomic E-state index is 13.1. The Morgan fingerprint density at radius 2 is 2.13 bits per heavy atom. The fourth-order valence-electron chi connectivity index (χ4n) is 1.22. The molecule has 0 spiro atoms. The van der Waals surface area contributed by atoms with Crippen molar-refractivity contribution < 1.29 is 14.4 Å². The Morgan fingerprint density at radius 3 is 2.73 bits per heavy atom.